The Morgan fingerprint density at radius 1 is 1.17 bits per heavy atom. The number of hydrogen-bond acceptors (Lipinski definition) is 3. The number of rotatable bonds is 1. The molecular formula is C26H30N2O. The highest BCUT2D eigenvalue weighted by atomic mass is 16.4. The molecule has 5 aliphatic carbocycles. The molecule has 1 spiro atoms. The van der Waals surface area contributed by atoms with E-state index in [2.05, 4.69) is 60.5 Å². The van der Waals surface area contributed by atoms with E-state index >= 15 is 0 Å². The van der Waals surface area contributed by atoms with Crippen molar-refractivity contribution in [1.29, 1.82) is 0 Å². The smallest absolute Gasteiger partial charge is 0.102 e. The maximum atomic E-state index is 9.36. The molecule has 29 heavy (non-hydrogen) atoms. The lowest BCUT2D eigenvalue weighted by Crippen LogP contribution is -2.51. The first kappa shape index (κ1) is 17.7. The van der Waals surface area contributed by atoms with Crippen molar-refractivity contribution in [1.82, 2.24) is 4.98 Å². The Bertz CT molecular complexity index is 983. The highest BCUT2D eigenvalue weighted by Crippen LogP contribution is 2.74. The Morgan fingerprint density at radius 2 is 2.03 bits per heavy atom. The highest BCUT2D eigenvalue weighted by Gasteiger charge is 2.64. The summed E-state index contributed by atoms with van der Waals surface area (Å²) < 4.78 is 0. The van der Waals surface area contributed by atoms with Crippen LogP contribution in [0.5, 0.6) is 0 Å². The number of fused-ring (bicyclic) bond motifs is 6. The Kier molecular flexibility index (Phi) is 3.48. The summed E-state index contributed by atoms with van der Waals surface area (Å²) in [6, 6.07) is 4.31. The van der Waals surface area contributed by atoms with Crippen molar-refractivity contribution >= 4 is 11.3 Å². The third-order valence-electron chi connectivity index (χ3n) is 9.40. The normalized spacial score (nSPS) is 42.7. The molecule has 0 bridgehead atoms. The van der Waals surface area contributed by atoms with Gasteiger partial charge in [-0.2, -0.15) is 0 Å². The number of nitrogens with zero attached hydrogens (tertiary/aromatic N) is 2. The molecule has 3 saturated carbocycles. The molecule has 0 amide bonds. The van der Waals surface area contributed by atoms with E-state index in [0.29, 0.717) is 11.3 Å². The largest absolute Gasteiger partial charge is 0.410 e. The molecule has 0 aliphatic heterocycles. The number of pyridine rings is 1. The minimum absolute atomic E-state index is 0.117. The molecule has 4 unspecified atom stereocenters. The summed E-state index contributed by atoms with van der Waals surface area (Å²) in [4.78, 5) is 4.40. The first-order valence-electron chi connectivity index (χ1n) is 11.3. The molecule has 1 N–H and O–H groups in total. The van der Waals surface area contributed by atoms with Crippen molar-refractivity contribution in [2.75, 3.05) is 0 Å². The molecule has 150 valence electrons. The summed E-state index contributed by atoms with van der Waals surface area (Å²) >= 11 is 0. The third kappa shape index (κ3) is 2.25. The minimum Gasteiger partial charge on any atom is -0.410 e. The fourth-order valence-corrected chi connectivity index (χ4v) is 7.85. The molecule has 1 aromatic heterocycles. The van der Waals surface area contributed by atoms with Crippen LogP contribution >= 0.6 is 0 Å². The van der Waals surface area contributed by atoms with E-state index in [9.17, 15) is 5.21 Å². The van der Waals surface area contributed by atoms with Gasteiger partial charge in [-0.15, -0.1) is 0 Å². The van der Waals surface area contributed by atoms with E-state index in [0.717, 1.165) is 17.5 Å². The lowest BCUT2D eigenvalue weighted by molar-refractivity contribution is -0.0175. The van der Waals surface area contributed by atoms with Gasteiger partial charge in [-0.25, -0.2) is 0 Å². The van der Waals surface area contributed by atoms with Crippen LogP contribution in [0.1, 0.15) is 57.9 Å². The lowest BCUT2D eigenvalue weighted by atomic mass is 9.45. The Labute approximate surface area is 173 Å². The van der Waals surface area contributed by atoms with Gasteiger partial charge in [0.1, 0.15) is 5.71 Å². The fourth-order valence-electron chi connectivity index (χ4n) is 7.85. The van der Waals surface area contributed by atoms with E-state index in [1.54, 1.807) is 11.1 Å². The van der Waals surface area contributed by atoms with E-state index in [1.165, 1.54) is 44.1 Å². The van der Waals surface area contributed by atoms with Gasteiger partial charge in [-0.1, -0.05) is 42.8 Å². The van der Waals surface area contributed by atoms with Gasteiger partial charge < -0.3 is 5.21 Å². The van der Waals surface area contributed by atoms with Gasteiger partial charge in [0.15, 0.2) is 0 Å². The summed E-state index contributed by atoms with van der Waals surface area (Å²) in [7, 11) is 0. The molecule has 3 fully saturated rings. The molecule has 5 atom stereocenters. The van der Waals surface area contributed by atoms with Crippen molar-refractivity contribution in [3.05, 3.63) is 60.0 Å². The van der Waals surface area contributed by atoms with Crippen LogP contribution in [0.4, 0.5) is 0 Å². The van der Waals surface area contributed by atoms with Crippen LogP contribution in [-0.2, 0) is 0 Å². The van der Waals surface area contributed by atoms with E-state index < -0.39 is 0 Å². The Morgan fingerprint density at radius 3 is 2.76 bits per heavy atom. The van der Waals surface area contributed by atoms with Gasteiger partial charge in [0.25, 0.3) is 0 Å². The highest BCUT2D eigenvalue weighted by molar-refractivity contribution is 6.05. The Hall–Kier alpha value is -2.16. The SMILES string of the molecule is CC12C=CC(=NO)C=C1C1(CC1)C[C@@H]1C2CCC2(C)C(c3cccnc3)=CCC12. The van der Waals surface area contributed by atoms with Crippen molar-refractivity contribution in [3.63, 3.8) is 0 Å². The monoisotopic (exact) mass is 386 g/mol. The van der Waals surface area contributed by atoms with Crippen LogP contribution in [0.15, 0.2) is 59.6 Å². The summed E-state index contributed by atoms with van der Waals surface area (Å²) in [5.74, 6) is 2.19. The second-order valence-electron chi connectivity index (χ2n) is 10.6. The first-order valence-corrected chi connectivity index (χ1v) is 11.3. The number of allylic oxidation sites excluding steroid dienone is 6. The number of aromatic nitrogens is 1. The van der Waals surface area contributed by atoms with Crippen LogP contribution in [0.3, 0.4) is 0 Å². The van der Waals surface area contributed by atoms with Crippen LogP contribution in [0, 0.1) is 34.0 Å². The standard InChI is InChI=1S/C26H30N2O/c1-24-10-8-22-19(21(24)6-5-20(24)17-4-3-13-27-16-17)15-26(11-12-26)23-14-18(28-29)7-9-25(22,23)2/h3-5,7,9,13-14,16,19,21-22,29H,6,8,10-12,15H2,1-2H3/t19-,21?,22?,24?,25?/m0/s1. The molecule has 0 radical (unpaired) electrons. The van der Waals surface area contributed by atoms with Crippen molar-refractivity contribution in [2.24, 2.45) is 39.2 Å². The molecule has 3 nitrogen and oxygen atoms in total. The predicted octanol–water partition coefficient (Wildman–Crippen LogP) is 6.03. The van der Waals surface area contributed by atoms with Crippen LogP contribution < -0.4 is 0 Å². The van der Waals surface area contributed by atoms with Crippen molar-refractivity contribution in [3.8, 4) is 0 Å². The summed E-state index contributed by atoms with van der Waals surface area (Å²) in [5.41, 5.74) is 5.89. The molecule has 0 saturated heterocycles. The van der Waals surface area contributed by atoms with Crippen LogP contribution in [-0.4, -0.2) is 15.9 Å². The average Bonchev–Trinajstić information content (AvgIpc) is 3.41. The van der Waals surface area contributed by atoms with Crippen LogP contribution in [0.2, 0.25) is 0 Å². The van der Waals surface area contributed by atoms with Gasteiger partial charge in [0.2, 0.25) is 0 Å². The zero-order chi connectivity index (χ0) is 19.9. The van der Waals surface area contributed by atoms with Crippen molar-refractivity contribution in [2.45, 2.75) is 52.4 Å². The second kappa shape index (κ2) is 5.71. The molecule has 3 heteroatoms. The second-order valence-corrected chi connectivity index (χ2v) is 10.6. The van der Waals surface area contributed by atoms with E-state index in [1.807, 2.05) is 12.3 Å². The zero-order valence-corrected chi connectivity index (χ0v) is 17.4. The maximum Gasteiger partial charge on any atom is 0.102 e. The van der Waals surface area contributed by atoms with Gasteiger partial charge >= 0.3 is 0 Å². The average molecular weight is 387 g/mol. The molecule has 0 aromatic carbocycles. The molecule has 5 aliphatic rings. The maximum absolute atomic E-state index is 9.36. The molecule has 1 aromatic rings. The van der Waals surface area contributed by atoms with Gasteiger partial charge in [0.05, 0.1) is 0 Å². The zero-order valence-electron chi connectivity index (χ0n) is 17.4. The fraction of sp³-hybridized carbons (Fsp3) is 0.538. The predicted molar refractivity (Wildman–Crippen MR) is 115 cm³/mol. The van der Waals surface area contributed by atoms with Crippen molar-refractivity contribution < 1.29 is 5.21 Å². The van der Waals surface area contributed by atoms with Gasteiger partial charge in [-0.05, 0) is 96.5 Å². The first-order chi connectivity index (χ1) is 14.0. The lowest BCUT2D eigenvalue weighted by Gasteiger charge is -2.59. The minimum atomic E-state index is 0.117. The molecule has 6 rings (SSSR count). The topological polar surface area (TPSA) is 45.5 Å². The molecule has 1 heterocycles. The van der Waals surface area contributed by atoms with E-state index in [4.69, 9.17) is 0 Å². The number of hydrogen-bond donors (Lipinski definition) is 1. The summed E-state index contributed by atoms with van der Waals surface area (Å²) in [6.07, 6.45) is 20.8. The van der Waals surface area contributed by atoms with Gasteiger partial charge in [-0.3, -0.25) is 4.98 Å². The third-order valence-corrected chi connectivity index (χ3v) is 9.40. The Balaban J connectivity index is 1.40. The quantitative estimate of drug-likeness (QED) is 0.473. The summed E-state index contributed by atoms with van der Waals surface area (Å²) in [6.45, 7) is 4.99. The van der Waals surface area contributed by atoms with Gasteiger partial charge in [0, 0.05) is 17.8 Å². The summed E-state index contributed by atoms with van der Waals surface area (Å²) in [5, 5.41) is 12.9. The number of oxime groups is 1. The van der Waals surface area contributed by atoms with E-state index in [-0.39, 0.29) is 10.8 Å². The molecular weight excluding hydrogens is 356 g/mol. The van der Waals surface area contributed by atoms with Crippen LogP contribution in [0.25, 0.3) is 5.57 Å².